The molecule has 0 atom stereocenters. The van der Waals surface area contributed by atoms with Crippen molar-refractivity contribution in [1.29, 1.82) is 0 Å². The smallest absolute Gasteiger partial charge is 0.270 e. The molecule has 0 unspecified atom stereocenters. The molecule has 1 heterocycles. The zero-order valence-corrected chi connectivity index (χ0v) is 12.4. The summed E-state index contributed by atoms with van der Waals surface area (Å²) in [5.41, 5.74) is -0.0424. The first-order valence-electron chi connectivity index (χ1n) is 5.92. The van der Waals surface area contributed by atoms with Crippen LogP contribution in [0.15, 0.2) is 17.2 Å². The molecule has 0 fully saturated rings. The number of hydrogen-bond acceptors (Lipinski definition) is 4. The van der Waals surface area contributed by atoms with Gasteiger partial charge in [-0.25, -0.2) is 22.3 Å². The molecule has 10 heteroatoms. The predicted octanol–water partition coefficient (Wildman–Crippen LogP) is 0.119. The largest absolute Gasteiger partial charge is 0.383 e. The van der Waals surface area contributed by atoms with Crippen LogP contribution in [0.1, 0.15) is 10.5 Å². The number of rotatable bonds is 7. The number of carbonyl (C=O) groups excluding carboxylic acids is 1. The van der Waals surface area contributed by atoms with Gasteiger partial charge in [0.2, 0.25) is 10.0 Å². The van der Waals surface area contributed by atoms with Crippen LogP contribution in [0.5, 0.6) is 0 Å². The fraction of sp³-hybridized carbons (Fsp3) is 0.545. The molecule has 1 rings (SSSR count). The maximum Gasteiger partial charge on any atom is 0.270 e. The number of aromatic nitrogens is 1. The molecule has 21 heavy (non-hydrogen) atoms. The van der Waals surface area contributed by atoms with Gasteiger partial charge in [-0.05, 0) is 6.07 Å². The van der Waals surface area contributed by atoms with E-state index in [4.69, 9.17) is 9.88 Å². The summed E-state index contributed by atoms with van der Waals surface area (Å²) >= 11 is 0. The van der Waals surface area contributed by atoms with Crippen LogP contribution in [0.2, 0.25) is 0 Å². The Balaban J connectivity index is 3.13. The molecule has 0 radical (unpaired) electrons. The minimum Gasteiger partial charge on any atom is -0.383 e. The quantitative estimate of drug-likeness (QED) is 0.770. The van der Waals surface area contributed by atoms with Gasteiger partial charge in [0.05, 0.1) is 13.2 Å². The van der Waals surface area contributed by atoms with Crippen LogP contribution >= 0.6 is 0 Å². The second-order valence-corrected chi connectivity index (χ2v) is 5.93. The number of ether oxygens (including phenoxy) is 1. The number of hydrogen-bond donors (Lipinski definition) is 1. The Morgan fingerprint density at radius 1 is 1.52 bits per heavy atom. The number of sulfonamides is 1. The van der Waals surface area contributed by atoms with E-state index < -0.39 is 28.9 Å². The van der Waals surface area contributed by atoms with E-state index in [0.717, 1.165) is 11.0 Å². The minimum atomic E-state index is -3.99. The summed E-state index contributed by atoms with van der Waals surface area (Å²) in [6, 6.07) is 1.06. The second kappa shape index (κ2) is 6.96. The van der Waals surface area contributed by atoms with Crippen LogP contribution in [0.4, 0.5) is 8.78 Å². The van der Waals surface area contributed by atoms with E-state index in [2.05, 4.69) is 0 Å². The number of carbonyl (C=O) groups is 1. The molecule has 1 amide bonds. The van der Waals surface area contributed by atoms with E-state index in [9.17, 15) is 22.0 Å². The van der Waals surface area contributed by atoms with Crippen LogP contribution < -0.4 is 5.14 Å². The summed E-state index contributed by atoms with van der Waals surface area (Å²) in [5.74, 6) is -0.721. The van der Waals surface area contributed by atoms with Crippen molar-refractivity contribution in [2.75, 3.05) is 27.3 Å². The molecule has 0 aliphatic heterocycles. The Kier molecular flexibility index (Phi) is 5.81. The first-order valence-corrected chi connectivity index (χ1v) is 7.47. The number of nitrogens with two attached hydrogens (primary N) is 1. The molecule has 0 saturated carbocycles. The Labute approximate surface area is 121 Å². The molecule has 1 aromatic rings. The fourth-order valence-corrected chi connectivity index (χ4v) is 2.23. The lowest BCUT2D eigenvalue weighted by Gasteiger charge is -2.17. The number of halogens is 2. The second-order valence-electron chi connectivity index (χ2n) is 4.37. The van der Waals surface area contributed by atoms with Gasteiger partial charge in [0.25, 0.3) is 12.3 Å². The van der Waals surface area contributed by atoms with Crippen molar-refractivity contribution in [3.8, 4) is 0 Å². The van der Waals surface area contributed by atoms with Crippen LogP contribution in [0.25, 0.3) is 0 Å². The Morgan fingerprint density at radius 3 is 2.62 bits per heavy atom. The highest BCUT2D eigenvalue weighted by Crippen LogP contribution is 2.15. The van der Waals surface area contributed by atoms with Crippen LogP contribution in [0.3, 0.4) is 0 Å². The van der Waals surface area contributed by atoms with Crippen molar-refractivity contribution in [2.24, 2.45) is 5.14 Å². The molecule has 0 aromatic carbocycles. The van der Waals surface area contributed by atoms with Gasteiger partial charge in [-0.3, -0.25) is 4.79 Å². The van der Waals surface area contributed by atoms with Crippen LogP contribution in [0, 0.1) is 0 Å². The Bertz CT molecular complexity index is 601. The standard InChI is InChI=1S/C11H17F2N3O4S/c1-15(7-10(12)13)11(17)9-5-8(21(14,18)19)6-16(9)3-4-20-2/h5-6,10H,3-4,7H2,1-2H3,(H2,14,18,19). The zero-order chi connectivity index (χ0) is 16.2. The van der Waals surface area contributed by atoms with Crippen LogP contribution in [-0.2, 0) is 21.3 Å². The molecule has 0 spiro atoms. The fourth-order valence-electron chi connectivity index (χ4n) is 1.68. The van der Waals surface area contributed by atoms with Crippen molar-refractivity contribution < 1.29 is 26.7 Å². The van der Waals surface area contributed by atoms with Gasteiger partial charge < -0.3 is 14.2 Å². The maximum atomic E-state index is 12.3. The molecule has 0 saturated heterocycles. The summed E-state index contributed by atoms with van der Waals surface area (Å²) in [5, 5.41) is 5.01. The van der Waals surface area contributed by atoms with Gasteiger partial charge >= 0.3 is 0 Å². The van der Waals surface area contributed by atoms with Crippen molar-refractivity contribution >= 4 is 15.9 Å². The van der Waals surface area contributed by atoms with Crippen molar-refractivity contribution in [3.63, 3.8) is 0 Å². The molecular weight excluding hydrogens is 308 g/mol. The van der Waals surface area contributed by atoms with Crippen molar-refractivity contribution in [1.82, 2.24) is 9.47 Å². The number of methoxy groups -OCH3 is 1. The van der Waals surface area contributed by atoms with Gasteiger partial charge in [0.15, 0.2) is 0 Å². The molecule has 1 aromatic heterocycles. The maximum absolute atomic E-state index is 12.3. The van der Waals surface area contributed by atoms with Crippen LogP contribution in [-0.4, -0.2) is 57.5 Å². The zero-order valence-electron chi connectivity index (χ0n) is 11.6. The third-order valence-corrected chi connectivity index (χ3v) is 3.59. The summed E-state index contributed by atoms with van der Waals surface area (Å²) in [7, 11) is -1.35. The summed E-state index contributed by atoms with van der Waals surface area (Å²) in [6.45, 7) is -0.341. The van der Waals surface area contributed by atoms with Gasteiger partial charge in [-0.2, -0.15) is 0 Å². The average Bonchev–Trinajstić information content (AvgIpc) is 2.78. The summed E-state index contributed by atoms with van der Waals surface area (Å²) in [4.78, 5) is 12.7. The van der Waals surface area contributed by atoms with E-state index in [-0.39, 0.29) is 23.7 Å². The minimum absolute atomic E-state index is 0.0424. The lowest BCUT2D eigenvalue weighted by molar-refractivity contribution is 0.0609. The van der Waals surface area contributed by atoms with E-state index in [1.165, 1.54) is 24.9 Å². The third kappa shape index (κ3) is 4.76. The van der Waals surface area contributed by atoms with E-state index in [1.54, 1.807) is 0 Å². The number of nitrogens with zero attached hydrogens (tertiary/aromatic N) is 2. The highest BCUT2D eigenvalue weighted by Gasteiger charge is 2.22. The third-order valence-electron chi connectivity index (χ3n) is 2.71. The molecule has 120 valence electrons. The molecule has 7 nitrogen and oxygen atoms in total. The summed E-state index contributed by atoms with van der Waals surface area (Å²) in [6.07, 6.45) is -1.50. The first-order chi connectivity index (χ1) is 9.66. The molecule has 2 N–H and O–H groups in total. The molecule has 0 bridgehead atoms. The molecule has 0 aliphatic carbocycles. The van der Waals surface area contributed by atoms with Gasteiger partial charge in [0, 0.05) is 26.9 Å². The monoisotopic (exact) mass is 325 g/mol. The predicted molar refractivity (Wildman–Crippen MR) is 70.6 cm³/mol. The highest BCUT2D eigenvalue weighted by atomic mass is 32.2. The normalized spacial score (nSPS) is 11.9. The van der Waals surface area contributed by atoms with E-state index >= 15 is 0 Å². The van der Waals surface area contributed by atoms with E-state index in [1.807, 2.05) is 0 Å². The Morgan fingerprint density at radius 2 is 2.14 bits per heavy atom. The Hall–Kier alpha value is -1.52. The molecular formula is C11H17F2N3O4S. The van der Waals surface area contributed by atoms with Crippen molar-refractivity contribution in [2.45, 2.75) is 17.9 Å². The average molecular weight is 325 g/mol. The lowest BCUT2D eigenvalue weighted by atomic mass is 10.3. The van der Waals surface area contributed by atoms with Crippen molar-refractivity contribution in [3.05, 3.63) is 18.0 Å². The highest BCUT2D eigenvalue weighted by molar-refractivity contribution is 7.89. The topological polar surface area (TPSA) is 94.6 Å². The SMILES string of the molecule is COCCn1cc(S(N)(=O)=O)cc1C(=O)N(C)CC(F)F. The van der Waals surface area contributed by atoms with Gasteiger partial charge in [-0.15, -0.1) is 0 Å². The summed E-state index contributed by atoms with van der Waals surface area (Å²) < 4.78 is 53.5. The van der Waals surface area contributed by atoms with Gasteiger partial charge in [-0.1, -0.05) is 0 Å². The number of amides is 1. The van der Waals surface area contributed by atoms with Gasteiger partial charge in [0.1, 0.15) is 10.6 Å². The first kappa shape index (κ1) is 17.5. The number of primary sulfonamides is 1. The van der Waals surface area contributed by atoms with E-state index in [0.29, 0.717) is 0 Å². The number of alkyl halides is 2. The molecule has 0 aliphatic rings. The lowest BCUT2D eigenvalue weighted by Crippen LogP contribution is -2.32.